The second kappa shape index (κ2) is 11.9. The third kappa shape index (κ3) is 6.99. The van der Waals surface area contributed by atoms with Gasteiger partial charge < -0.3 is 14.4 Å². The molecule has 2 fully saturated rings. The van der Waals surface area contributed by atoms with Gasteiger partial charge in [-0.3, -0.25) is 14.7 Å². The Morgan fingerprint density at radius 2 is 1.88 bits per heavy atom. The van der Waals surface area contributed by atoms with Crippen LogP contribution in [0.4, 0.5) is 0 Å². The number of rotatable bonds is 8. The van der Waals surface area contributed by atoms with E-state index in [1.807, 2.05) is 41.3 Å². The zero-order valence-corrected chi connectivity index (χ0v) is 18.6. The third-order valence-electron chi connectivity index (χ3n) is 6.08. The van der Waals surface area contributed by atoms with Gasteiger partial charge in [0.1, 0.15) is 0 Å². The van der Waals surface area contributed by atoms with Crippen molar-refractivity contribution in [2.45, 2.75) is 25.6 Å². The first kappa shape index (κ1) is 22.6. The molecule has 2 aliphatic heterocycles. The number of carbonyl (C=O) groups excluding carboxylic acids is 1. The summed E-state index contributed by atoms with van der Waals surface area (Å²) >= 11 is 0. The van der Waals surface area contributed by atoms with Crippen LogP contribution in [0.25, 0.3) is 6.08 Å². The summed E-state index contributed by atoms with van der Waals surface area (Å²) in [5.74, 6) is 0.696. The van der Waals surface area contributed by atoms with E-state index in [1.54, 1.807) is 6.20 Å². The lowest BCUT2D eigenvalue weighted by molar-refractivity contribution is -0.133. The molecular weight excluding hydrogens is 402 g/mol. The normalized spacial score (nSPS) is 21.2. The molecule has 2 aliphatic rings. The molecule has 6 heteroatoms. The Morgan fingerprint density at radius 3 is 2.66 bits per heavy atom. The predicted octanol–water partition coefficient (Wildman–Crippen LogP) is 3.25. The standard InChI is InChI=1S/C26H33N3O3/c30-26-20-28(14-6-9-22-7-2-1-3-8-22)18-25(32-21-24-10-4-5-13-27-24)19-29(26)17-23-11-15-31-16-12-23/h1-10,13,23,25H,11-12,14-21H2/b9-6+. The molecule has 170 valence electrons. The van der Waals surface area contributed by atoms with Crippen LogP contribution in [0.2, 0.25) is 0 Å². The van der Waals surface area contributed by atoms with Crippen LogP contribution in [0.15, 0.2) is 60.8 Å². The molecule has 6 nitrogen and oxygen atoms in total. The smallest absolute Gasteiger partial charge is 0.236 e. The molecule has 1 aromatic carbocycles. The average molecular weight is 436 g/mol. The minimum absolute atomic E-state index is 0.0478. The summed E-state index contributed by atoms with van der Waals surface area (Å²) in [5.41, 5.74) is 2.08. The van der Waals surface area contributed by atoms with Gasteiger partial charge in [-0.1, -0.05) is 48.6 Å². The van der Waals surface area contributed by atoms with Crippen molar-refractivity contribution < 1.29 is 14.3 Å². The molecule has 1 amide bonds. The highest BCUT2D eigenvalue weighted by molar-refractivity contribution is 5.78. The molecule has 0 radical (unpaired) electrons. The van der Waals surface area contributed by atoms with E-state index < -0.39 is 0 Å². The first-order valence-electron chi connectivity index (χ1n) is 11.6. The summed E-state index contributed by atoms with van der Waals surface area (Å²) in [5, 5.41) is 0. The van der Waals surface area contributed by atoms with Crippen LogP contribution in [-0.2, 0) is 20.9 Å². The van der Waals surface area contributed by atoms with Crippen molar-refractivity contribution in [2.75, 3.05) is 45.9 Å². The van der Waals surface area contributed by atoms with Crippen molar-refractivity contribution in [2.24, 2.45) is 5.92 Å². The maximum Gasteiger partial charge on any atom is 0.236 e. The number of hydrogen-bond donors (Lipinski definition) is 0. The number of carbonyl (C=O) groups is 1. The Morgan fingerprint density at radius 1 is 1.06 bits per heavy atom. The lowest BCUT2D eigenvalue weighted by Gasteiger charge is -2.30. The fourth-order valence-electron chi connectivity index (χ4n) is 4.30. The minimum atomic E-state index is -0.0478. The summed E-state index contributed by atoms with van der Waals surface area (Å²) in [6, 6.07) is 16.1. The Kier molecular flexibility index (Phi) is 8.42. The number of ether oxygens (including phenoxy) is 2. The monoisotopic (exact) mass is 435 g/mol. The Balaban J connectivity index is 1.40. The van der Waals surface area contributed by atoms with Gasteiger partial charge in [-0.05, 0) is 36.5 Å². The minimum Gasteiger partial charge on any atom is -0.381 e. The highest BCUT2D eigenvalue weighted by Gasteiger charge is 2.30. The number of aromatic nitrogens is 1. The maximum absolute atomic E-state index is 13.1. The zero-order valence-electron chi connectivity index (χ0n) is 18.6. The summed E-state index contributed by atoms with van der Waals surface area (Å²) in [6.45, 7) is 5.33. The van der Waals surface area contributed by atoms with Crippen molar-refractivity contribution in [3.8, 4) is 0 Å². The van der Waals surface area contributed by atoms with E-state index in [2.05, 4.69) is 34.2 Å². The molecule has 1 unspecified atom stereocenters. The zero-order chi connectivity index (χ0) is 22.0. The molecule has 0 aliphatic carbocycles. The van der Waals surface area contributed by atoms with Gasteiger partial charge in [0, 0.05) is 45.6 Å². The van der Waals surface area contributed by atoms with Crippen molar-refractivity contribution in [3.05, 3.63) is 72.1 Å². The van der Waals surface area contributed by atoms with E-state index >= 15 is 0 Å². The summed E-state index contributed by atoms with van der Waals surface area (Å²) in [7, 11) is 0. The van der Waals surface area contributed by atoms with Gasteiger partial charge in [0.15, 0.2) is 0 Å². The Bertz CT molecular complexity index is 853. The van der Waals surface area contributed by atoms with Gasteiger partial charge in [0.05, 0.1) is 24.9 Å². The molecule has 0 saturated carbocycles. The number of amides is 1. The second-order valence-electron chi connectivity index (χ2n) is 8.62. The van der Waals surface area contributed by atoms with Gasteiger partial charge in [0.25, 0.3) is 0 Å². The molecule has 2 saturated heterocycles. The lowest BCUT2D eigenvalue weighted by atomic mass is 9.99. The average Bonchev–Trinajstić information content (AvgIpc) is 2.98. The molecule has 4 rings (SSSR count). The number of pyridine rings is 1. The van der Waals surface area contributed by atoms with Crippen LogP contribution >= 0.6 is 0 Å². The molecule has 3 heterocycles. The number of nitrogens with zero attached hydrogens (tertiary/aromatic N) is 3. The van der Waals surface area contributed by atoms with Gasteiger partial charge in [-0.15, -0.1) is 0 Å². The van der Waals surface area contributed by atoms with Crippen molar-refractivity contribution in [3.63, 3.8) is 0 Å². The van der Waals surface area contributed by atoms with Crippen molar-refractivity contribution >= 4 is 12.0 Å². The van der Waals surface area contributed by atoms with Crippen LogP contribution in [0, 0.1) is 5.92 Å². The SMILES string of the molecule is O=C1CN(C/C=C/c2ccccc2)CC(OCc2ccccn2)CN1CC1CCOCC1. The summed E-state index contributed by atoms with van der Waals surface area (Å²) < 4.78 is 11.8. The fraction of sp³-hybridized carbons (Fsp3) is 0.462. The van der Waals surface area contributed by atoms with E-state index in [1.165, 1.54) is 0 Å². The van der Waals surface area contributed by atoms with Gasteiger partial charge in [-0.25, -0.2) is 0 Å². The highest BCUT2D eigenvalue weighted by Crippen LogP contribution is 2.19. The second-order valence-corrected chi connectivity index (χ2v) is 8.62. The largest absolute Gasteiger partial charge is 0.381 e. The van der Waals surface area contributed by atoms with Gasteiger partial charge in [0.2, 0.25) is 5.91 Å². The van der Waals surface area contributed by atoms with E-state index in [0.717, 1.165) is 56.9 Å². The Labute approximate surface area is 190 Å². The quantitative estimate of drug-likeness (QED) is 0.637. The van der Waals surface area contributed by atoms with Crippen LogP contribution < -0.4 is 0 Å². The topological polar surface area (TPSA) is 54.9 Å². The summed E-state index contributed by atoms with van der Waals surface area (Å²) in [4.78, 5) is 21.7. The number of benzene rings is 1. The number of hydrogen-bond acceptors (Lipinski definition) is 5. The molecule has 0 N–H and O–H groups in total. The Hall–Kier alpha value is -2.54. The first-order chi connectivity index (χ1) is 15.8. The first-order valence-corrected chi connectivity index (χ1v) is 11.6. The van der Waals surface area contributed by atoms with E-state index in [0.29, 0.717) is 25.6 Å². The molecule has 1 atom stereocenters. The van der Waals surface area contributed by atoms with Gasteiger partial charge >= 0.3 is 0 Å². The molecule has 32 heavy (non-hydrogen) atoms. The molecule has 1 aromatic heterocycles. The third-order valence-corrected chi connectivity index (χ3v) is 6.08. The summed E-state index contributed by atoms with van der Waals surface area (Å²) in [6.07, 6.45) is 8.02. The van der Waals surface area contributed by atoms with E-state index in [9.17, 15) is 4.79 Å². The molecule has 0 bridgehead atoms. The lowest BCUT2D eigenvalue weighted by Crippen LogP contribution is -2.42. The van der Waals surface area contributed by atoms with Crippen LogP contribution in [0.5, 0.6) is 0 Å². The predicted molar refractivity (Wildman–Crippen MR) is 125 cm³/mol. The highest BCUT2D eigenvalue weighted by atomic mass is 16.5. The van der Waals surface area contributed by atoms with Crippen molar-refractivity contribution in [1.82, 2.24) is 14.8 Å². The fourth-order valence-corrected chi connectivity index (χ4v) is 4.30. The van der Waals surface area contributed by atoms with E-state index in [4.69, 9.17) is 9.47 Å². The van der Waals surface area contributed by atoms with Crippen LogP contribution in [-0.4, -0.2) is 72.7 Å². The molecule has 0 spiro atoms. The van der Waals surface area contributed by atoms with E-state index in [-0.39, 0.29) is 12.0 Å². The van der Waals surface area contributed by atoms with Crippen molar-refractivity contribution in [1.29, 1.82) is 0 Å². The molecule has 2 aromatic rings. The van der Waals surface area contributed by atoms with Crippen LogP contribution in [0.1, 0.15) is 24.1 Å². The van der Waals surface area contributed by atoms with Gasteiger partial charge in [-0.2, -0.15) is 0 Å². The van der Waals surface area contributed by atoms with Crippen LogP contribution in [0.3, 0.4) is 0 Å². The molecular formula is C26H33N3O3. The maximum atomic E-state index is 13.1.